The zero-order chi connectivity index (χ0) is 14.7. The Morgan fingerprint density at radius 2 is 1.70 bits per heavy atom. The summed E-state index contributed by atoms with van der Waals surface area (Å²) in [6.45, 7) is 5.04. The van der Waals surface area contributed by atoms with Gasteiger partial charge in [-0.25, -0.2) is 4.79 Å². The van der Waals surface area contributed by atoms with Crippen molar-refractivity contribution in [3.63, 3.8) is 0 Å². The van der Waals surface area contributed by atoms with Gasteiger partial charge in [0.25, 0.3) is 5.56 Å². The number of hydrogen-bond donors (Lipinski definition) is 2. The van der Waals surface area contributed by atoms with E-state index in [0.29, 0.717) is 24.3 Å². The zero-order valence-corrected chi connectivity index (χ0v) is 12.0. The van der Waals surface area contributed by atoms with E-state index in [1.807, 2.05) is 13.8 Å². The third-order valence-electron chi connectivity index (χ3n) is 3.35. The molecule has 7 heteroatoms. The quantitative estimate of drug-likeness (QED) is 0.826. The summed E-state index contributed by atoms with van der Waals surface area (Å²) in [5.74, 6) is 0.162. The minimum Gasteiger partial charge on any atom is -0.369 e. The smallest absolute Gasteiger partial charge is 0.332 e. The van der Waals surface area contributed by atoms with Gasteiger partial charge in [0.1, 0.15) is 0 Å². The number of nitrogens with one attached hydrogen (secondary N) is 1. The second-order valence-corrected chi connectivity index (χ2v) is 4.92. The van der Waals surface area contributed by atoms with Crippen LogP contribution >= 0.6 is 0 Å². The highest BCUT2D eigenvalue weighted by Gasteiger charge is 2.15. The molecule has 0 aliphatic heterocycles. The van der Waals surface area contributed by atoms with Crippen LogP contribution in [0.1, 0.15) is 39.5 Å². The first kappa shape index (κ1) is 14.4. The van der Waals surface area contributed by atoms with E-state index in [2.05, 4.69) is 9.97 Å². The number of nitrogen functional groups attached to an aromatic ring is 1. The van der Waals surface area contributed by atoms with E-state index >= 15 is 0 Å². The number of fused-ring (bicyclic) bond motifs is 1. The number of aromatic amines is 1. The number of nitrogens with zero attached hydrogens (tertiary/aromatic N) is 3. The second kappa shape index (κ2) is 5.94. The highest BCUT2D eigenvalue weighted by molar-refractivity contribution is 5.72. The van der Waals surface area contributed by atoms with Gasteiger partial charge in [-0.15, -0.1) is 0 Å². The first-order chi connectivity index (χ1) is 9.60. The van der Waals surface area contributed by atoms with Crippen LogP contribution < -0.4 is 17.0 Å². The average Bonchev–Trinajstić information content (AvgIpc) is 2.81. The molecule has 0 atom stereocenters. The lowest BCUT2D eigenvalue weighted by atomic mass is 10.3. The number of aromatic nitrogens is 4. The van der Waals surface area contributed by atoms with E-state index in [1.54, 1.807) is 4.57 Å². The molecule has 0 unspecified atom stereocenters. The van der Waals surface area contributed by atoms with E-state index < -0.39 is 0 Å². The van der Waals surface area contributed by atoms with Crippen LogP contribution in [0, 0.1) is 0 Å². The first-order valence-electron chi connectivity index (χ1n) is 7.09. The van der Waals surface area contributed by atoms with Gasteiger partial charge >= 0.3 is 5.69 Å². The monoisotopic (exact) mass is 279 g/mol. The lowest BCUT2D eigenvalue weighted by Gasteiger charge is -2.10. The van der Waals surface area contributed by atoms with Crippen LogP contribution in [0.15, 0.2) is 9.59 Å². The molecule has 0 radical (unpaired) electrons. The summed E-state index contributed by atoms with van der Waals surface area (Å²) in [6.07, 6.45) is 3.53. The SMILES string of the molecule is CCCCn1c(=O)c2[nH]c(N)nc2n(CCCC)c1=O. The van der Waals surface area contributed by atoms with Gasteiger partial charge in [-0.3, -0.25) is 13.9 Å². The Morgan fingerprint density at radius 3 is 2.30 bits per heavy atom. The summed E-state index contributed by atoms with van der Waals surface area (Å²) < 4.78 is 2.82. The largest absolute Gasteiger partial charge is 0.369 e. The molecule has 0 fully saturated rings. The zero-order valence-electron chi connectivity index (χ0n) is 12.0. The molecule has 0 aliphatic rings. The molecule has 0 saturated carbocycles. The maximum Gasteiger partial charge on any atom is 0.332 e. The van der Waals surface area contributed by atoms with Crippen molar-refractivity contribution in [1.82, 2.24) is 19.1 Å². The summed E-state index contributed by atoms with van der Waals surface area (Å²) in [4.78, 5) is 31.6. The van der Waals surface area contributed by atoms with Crippen molar-refractivity contribution in [2.45, 2.75) is 52.6 Å². The number of hydrogen-bond acceptors (Lipinski definition) is 4. The number of nitrogens with two attached hydrogens (primary N) is 1. The van der Waals surface area contributed by atoms with Gasteiger partial charge in [0, 0.05) is 13.1 Å². The molecule has 0 bridgehead atoms. The highest BCUT2D eigenvalue weighted by Crippen LogP contribution is 2.08. The molecule has 0 amide bonds. The van der Waals surface area contributed by atoms with Gasteiger partial charge in [-0.05, 0) is 12.8 Å². The minimum absolute atomic E-state index is 0.162. The molecular weight excluding hydrogens is 258 g/mol. The molecule has 2 rings (SSSR count). The molecule has 2 aromatic rings. The van der Waals surface area contributed by atoms with Gasteiger partial charge in [0.2, 0.25) is 0 Å². The van der Waals surface area contributed by atoms with E-state index in [-0.39, 0.29) is 17.2 Å². The van der Waals surface area contributed by atoms with Crippen molar-refractivity contribution in [2.24, 2.45) is 0 Å². The molecular formula is C13H21N5O2. The molecule has 0 aromatic carbocycles. The highest BCUT2D eigenvalue weighted by atomic mass is 16.2. The molecule has 7 nitrogen and oxygen atoms in total. The Balaban J connectivity index is 2.67. The van der Waals surface area contributed by atoms with Crippen LogP contribution in [0.2, 0.25) is 0 Å². The van der Waals surface area contributed by atoms with Gasteiger partial charge < -0.3 is 10.7 Å². The average molecular weight is 279 g/mol. The van der Waals surface area contributed by atoms with E-state index in [9.17, 15) is 9.59 Å². The number of imidazole rings is 1. The third kappa shape index (κ3) is 2.48. The molecule has 2 heterocycles. The van der Waals surface area contributed by atoms with Gasteiger partial charge in [0.15, 0.2) is 17.1 Å². The van der Waals surface area contributed by atoms with Crippen molar-refractivity contribution >= 4 is 17.1 Å². The van der Waals surface area contributed by atoms with Crippen molar-refractivity contribution in [3.8, 4) is 0 Å². The van der Waals surface area contributed by atoms with Crippen molar-refractivity contribution in [3.05, 3.63) is 20.8 Å². The van der Waals surface area contributed by atoms with Crippen molar-refractivity contribution < 1.29 is 0 Å². The lowest BCUT2D eigenvalue weighted by molar-refractivity contribution is 0.530. The van der Waals surface area contributed by atoms with Crippen LogP contribution in [0.5, 0.6) is 0 Å². The predicted molar refractivity (Wildman–Crippen MR) is 78.8 cm³/mol. The van der Waals surface area contributed by atoms with E-state index in [1.165, 1.54) is 4.57 Å². The fraction of sp³-hybridized carbons (Fsp3) is 0.615. The van der Waals surface area contributed by atoms with E-state index in [4.69, 9.17) is 5.73 Å². The molecule has 0 aliphatic carbocycles. The normalized spacial score (nSPS) is 11.3. The van der Waals surface area contributed by atoms with Crippen LogP contribution in [0.3, 0.4) is 0 Å². The Hall–Kier alpha value is -2.05. The summed E-state index contributed by atoms with van der Waals surface area (Å²) in [5, 5.41) is 0. The summed E-state index contributed by atoms with van der Waals surface area (Å²) >= 11 is 0. The molecule has 110 valence electrons. The topological polar surface area (TPSA) is 98.7 Å². The van der Waals surface area contributed by atoms with Gasteiger partial charge in [-0.1, -0.05) is 26.7 Å². The summed E-state index contributed by atoms with van der Waals surface area (Å²) in [5.41, 5.74) is 5.67. The molecule has 3 N–H and O–H groups in total. The summed E-state index contributed by atoms with van der Waals surface area (Å²) in [6, 6.07) is 0. The van der Waals surface area contributed by atoms with Crippen LogP contribution in [-0.2, 0) is 13.1 Å². The Kier molecular flexibility index (Phi) is 4.26. The predicted octanol–water partition coefficient (Wildman–Crippen LogP) is 1.07. The van der Waals surface area contributed by atoms with Crippen LogP contribution in [-0.4, -0.2) is 19.1 Å². The van der Waals surface area contributed by atoms with Crippen LogP contribution in [0.25, 0.3) is 11.2 Å². The second-order valence-electron chi connectivity index (χ2n) is 4.92. The minimum atomic E-state index is -0.338. The molecule has 0 saturated heterocycles. The van der Waals surface area contributed by atoms with Gasteiger partial charge in [-0.2, -0.15) is 4.98 Å². The fourth-order valence-corrected chi connectivity index (χ4v) is 2.22. The van der Waals surface area contributed by atoms with Gasteiger partial charge in [0.05, 0.1) is 0 Å². The lowest BCUT2D eigenvalue weighted by Crippen LogP contribution is -2.40. The maximum atomic E-state index is 12.5. The number of unbranched alkanes of at least 4 members (excludes halogenated alkanes) is 2. The number of aryl methyl sites for hydroxylation is 1. The van der Waals surface area contributed by atoms with E-state index in [0.717, 1.165) is 25.7 Å². The van der Waals surface area contributed by atoms with Crippen LogP contribution in [0.4, 0.5) is 5.95 Å². The Labute approximate surface area is 116 Å². The first-order valence-corrected chi connectivity index (χ1v) is 7.09. The molecule has 20 heavy (non-hydrogen) atoms. The molecule has 2 aromatic heterocycles. The molecule has 0 spiro atoms. The van der Waals surface area contributed by atoms with Crippen molar-refractivity contribution in [2.75, 3.05) is 5.73 Å². The maximum absolute atomic E-state index is 12.5. The Bertz CT molecular complexity index is 710. The standard InChI is InChI=1S/C13H21N5O2/c1-3-5-7-17-10-9(15-12(14)16-10)11(19)18(13(17)20)8-6-4-2/h3-8H2,1-2H3,(H3,14,15,16). The third-order valence-corrected chi connectivity index (χ3v) is 3.35. The summed E-state index contributed by atoms with van der Waals surface area (Å²) in [7, 11) is 0. The Morgan fingerprint density at radius 1 is 1.10 bits per heavy atom. The number of anilines is 1. The number of rotatable bonds is 6. The van der Waals surface area contributed by atoms with Crippen molar-refractivity contribution in [1.29, 1.82) is 0 Å². The number of H-pyrrole nitrogens is 1. The fourth-order valence-electron chi connectivity index (χ4n) is 2.22.